The number of rotatable bonds is 7. The summed E-state index contributed by atoms with van der Waals surface area (Å²) in [6, 6.07) is 13.2. The second-order valence-electron chi connectivity index (χ2n) is 6.33. The zero-order chi connectivity index (χ0) is 19.8. The minimum Gasteiger partial charge on any atom is -0.497 e. The molecule has 2 N–H and O–H groups in total. The lowest BCUT2D eigenvalue weighted by molar-refractivity contribution is -0.124. The van der Waals surface area contributed by atoms with Crippen molar-refractivity contribution in [2.24, 2.45) is 5.10 Å². The third-order valence-corrected chi connectivity index (χ3v) is 4.09. The monoisotopic (exact) mass is 367 g/mol. The van der Waals surface area contributed by atoms with Gasteiger partial charge in [0.25, 0.3) is 0 Å². The molecule has 0 fully saturated rings. The van der Waals surface area contributed by atoms with E-state index in [0.717, 1.165) is 28.1 Å². The summed E-state index contributed by atoms with van der Waals surface area (Å²) in [4.78, 5) is 24.0. The van der Waals surface area contributed by atoms with Crippen molar-refractivity contribution in [1.29, 1.82) is 0 Å². The molecule has 0 saturated heterocycles. The van der Waals surface area contributed by atoms with Crippen LogP contribution in [0.15, 0.2) is 47.6 Å². The molecule has 27 heavy (non-hydrogen) atoms. The third-order valence-electron chi connectivity index (χ3n) is 4.09. The molecule has 2 aromatic rings. The minimum atomic E-state index is -0.307. The Kier molecular flexibility index (Phi) is 7.11. The Bertz CT molecular complexity index is 842. The molecule has 0 unspecified atom stereocenters. The number of hydrogen-bond acceptors (Lipinski definition) is 4. The van der Waals surface area contributed by atoms with Gasteiger partial charge >= 0.3 is 0 Å². The molecule has 0 spiro atoms. The highest BCUT2D eigenvalue weighted by molar-refractivity contribution is 5.99. The molecule has 0 aliphatic heterocycles. The van der Waals surface area contributed by atoms with Crippen LogP contribution in [0.4, 0.5) is 5.69 Å². The van der Waals surface area contributed by atoms with Gasteiger partial charge in [0, 0.05) is 18.5 Å². The number of methoxy groups -OCH3 is 1. The van der Waals surface area contributed by atoms with Crippen molar-refractivity contribution in [3.05, 3.63) is 59.2 Å². The van der Waals surface area contributed by atoms with Gasteiger partial charge in [0.1, 0.15) is 5.75 Å². The molecule has 0 aliphatic carbocycles. The number of carbonyl (C=O) groups is 2. The van der Waals surface area contributed by atoms with Crippen molar-refractivity contribution in [3.8, 4) is 5.75 Å². The maximum atomic E-state index is 12.0. The first-order chi connectivity index (χ1) is 12.9. The molecule has 6 nitrogen and oxygen atoms in total. The van der Waals surface area contributed by atoms with Gasteiger partial charge in [-0.25, -0.2) is 5.43 Å². The maximum absolute atomic E-state index is 12.0. The number of anilines is 1. The molecule has 0 heterocycles. The first-order valence-corrected chi connectivity index (χ1v) is 8.73. The highest BCUT2D eigenvalue weighted by atomic mass is 16.5. The van der Waals surface area contributed by atoms with Crippen molar-refractivity contribution in [2.75, 3.05) is 12.4 Å². The van der Waals surface area contributed by atoms with E-state index in [4.69, 9.17) is 4.74 Å². The standard InChI is InChI=1S/C21H25N3O3/c1-14-5-10-19(15(2)13-14)22-20(25)11-12-21(26)24-23-16(3)17-6-8-18(27-4)9-7-17/h5-10,13H,11-12H2,1-4H3,(H,22,25)(H,24,26)/b23-16-. The van der Waals surface area contributed by atoms with Crippen molar-refractivity contribution >= 4 is 23.2 Å². The maximum Gasteiger partial charge on any atom is 0.240 e. The SMILES string of the molecule is COc1ccc(/C(C)=N\NC(=O)CCC(=O)Nc2ccc(C)cc2C)cc1. The first-order valence-electron chi connectivity index (χ1n) is 8.73. The van der Waals surface area contributed by atoms with E-state index in [0.29, 0.717) is 5.71 Å². The van der Waals surface area contributed by atoms with Gasteiger partial charge in [-0.15, -0.1) is 0 Å². The second-order valence-corrected chi connectivity index (χ2v) is 6.33. The fourth-order valence-electron chi connectivity index (χ4n) is 2.49. The van der Waals surface area contributed by atoms with Crippen molar-refractivity contribution in [1.82, 2.24) is 5.43 Å². The molecule has 0 aromatic heterocycles. The lowest BCUT2D eigenvalue weighted by atomic mass is 10.1. The van der Waals surface area contributed by atoms with Crippen LogP contribution in [0.1, 0.15) is 36.5 Å². The van der Waals surface area contributed by atoms with Gasteiger partial charge in [-0.2, -0.15) is 5.10 Å². The van der Waals surface area contributed by atoms with Crippen LogP contribution in [-0.2, 0) is 9.59 Å². The normalized spacial score (nSPS) is 11.0. The van der Waals surface area contributed by atoms with E-state index in [1.165, 1.54) is 0 Å². The summed E-state index contributed by atoms with van der Waals surface area (Å²) in [5.74, 6) is 0.247. The van der Waals surface area contributed by atoms with E-state index in [1.807, 2.05) is 56.3 Å². The molecule has 2 amide bonds. The Morgan fingerprint density at radius 1 is 1.00 bits per heavy atom. The lowest BCUT2D eigenvalue weighted by Crippen LogP contribution is -2.22. The van der Waals surface area contributed by atoms with Crippen LogP contribution in [-0.4, -0.2) is 24.6 Å². The second kappa shape index (κ2) is 9.52. The Hall–Kier alpha value is -3.15. The number of aryl methyl sites for hydroxylation is 2. The van der Waals surface area contributed by atoms with Crippen LogP contribution >= 0.6 is 0 Å². The number of carbonyl (C=O) groups excluding carboxylic acids is 2. The molecular weight excluding hydrogens is 342 g/mol. The van der Waals surface area contributed by atoms with Crippen LogP contribution in [0.2, 0.25) is 0 Å². The van der Waals surface area contributed by atoms with Gasteiger partial charge in [0.2, 0.25) is 11.8 Å². The Morgan fingerprint density at radius 3 is 2.30 bits per heavy atom. The van der Waals surface area contributed by atoms with Crippen molar-refractivity contribution < 1.29 is 14.3 Å². The van der Waals surface area contributed by atoms with Crippen LogP contribution < -0.4 is 15.5 Å². The Balaban J connectivity index is 1.81. The molecular formula is C21H25N3O3. The molecule has 0 radical (unpaired) electrons. The predicted octanol–water partition coefficient (Wildman–Crippen LogP) is 3.57. The quantitative estimate of drug-likeness (QED) is 0.580. The zero-order valence-corrected chi connectivity index (χ0v) is 16.1. The fourth-order valence-corrected chi connectivity index (χ4v) is 2.49. The van der Waals surface area contributed by atoms with E-state index in [-0.39, 0.29) is 24.7 Å². The predicted molar refractivity (Wildman–Crippen MR) is 107 cm³/mol. The lowest BCUT2D eigenvalue weighted by Gasteiger charge is -2.09. The number of nitrogens with one attached hydrogen (secondary N) is 2. The molecule has 0 saturated carbocycles. The number of amides is 2. The van der Waals surface area contributed by atoms with Gasteiger partial charge in [0.15, 0.2) is 0 Å². The number of benzene rings is 2. The smallest absolute Gasteiger partial charge is 0.240 e. The van der Waals surface area contributed by atoms with Crippen LogP contribution in [0.25, 0.3) is 0 Å². The molecule has 2 rings (SSSR count). The molecule has 0 aliphatic rings. The van der Waals surface area contributed by atoms with Gasteiger partial charge < -0.3 is 10.1 Å². The van der Waals surface area contributed by atoms with Gasteiger partial charge in [-0.3, -0.25) is 9.59 Å². The van der Waals surface area contributed by atoms with Crippen LogP contribution in [0.5, 0.6) is 5.75 Å². The van der Waals surface area contributed by atoms with E-state index in [9.17, 15) is 9.59 Å². The van der Waals surface area contributed by atoms with Gasteiger partial charge in [-0.1, -0.05) is 17.7 Å². The average molecular weight is 367 g/mol. The summed E-state index contributed by atoms with van der Waals surface area (Å²) in [7, 11) is 1.60. The van der Waals surface area contributed by atoms with E-state index in [2.05, 4.69) is 15.8 Å². The summed E-state index contributed by atoms with van der Waals surface area (Å²) < 4.78 is 5.11. The Morgan fingerprint density at radius 2 is 1.67 bits per heavy atom. The highest BCUT2D eigenvalue weighted by Crippen LogP contribution is 2.16. The molecule has 6 heteroatoms. The molecule has 142 valence electrons. The fraction of sp³-hybridized carbons (Fsp3) is 0.286. The van der Waals surface area contributed by atoms with E-state index < -0.39 is 0 Å². The largest absolute Gasteiger partial charge is 0.497 e. The summed E-state index contributed by atoms with van der Waals surface area (Å²) in [5, 5.41) is 6.91. The first kappa shape index (κ1) is 20.2. The van der Waals surface area contributed by atoms with Crippen LogP contribution in [0, 0.1) is 13.8 Å². The Labute approximate surface area is 159 Å². The summed E-state index contributed by atoms with van der Waals surface area (Å²) in [6.45, 7) is 5.73. The third kappa shape index (κ3) is 6.26. The molecule has 0 bridgehead atoms. The van der Waals surface area contributed by atoms with Crippen molar-refractivity contribution in [2.45, 2.75) is 33.6 Å². The van der Waals surface area contributed by atoms with E-state index in [1.54, 1.807) is 14.0 Å². The average Bonchev–Trinajstić information content (AvgIpc) is 2.66. The summed E-state index contributed by atoms with van der Waals surface area (Å²) in [6.07, 6.45) is 0.159. The number of ether oxygens (including phenoxy) is 1. The minimum absolute atomic E-state index is 0.0656. The number of hydrogen-bond donors (Lipinski definition) is 2. The van der Waals surface area contributed by atoms with Crippen LogP contribution in [0.3, 0.4) is 0 Å². The number of nitrogens with zero attached hydrogens (tertiary/aromatic N) is 1. The highest BCUT2D eigenvalue weighted by Gasteiger charge is 2.08. The molecule has 2 aromatic carbocycles. The van der Waals surface area contributed by atoms with E-state index >= 15 is 0 Å². The summed E-state index contributed by atoms with van der Waals surface area (Å²) in [5.41, 5.74) is 6.93. The number of hydrazone groups is 1. The summed E-state index contributed by atoms with van der Waals surface area (Å²) >= 11 is 0. The van der Waals surface area contributed by atoms with Gasteiger partial charge in [0.05, 0.1) is 12.8 Å². The molecule has 0 atom stereocenters. The van der Waals surface area contributed by atoms with Crippen molar-refractivity contribution in [3.63, 3.8) is 0 Å². The topological polar surface area (TPSA) is 79.8 Å². The van der Waals surface area contributed by atoms with Gasteiger partial charge in [-0.05, 0) is 62.2 Å². The zero-order valence-electron chi connectivity index (χ0n) is 16.1.